The molecule has 0 aliphatic carbocycles. The Morgan fingerprint density at radius 3 is 3.10 bits per heavy atom. The molecule has 3 aromatic heterocycles. The zero-order valence-electron chi connectivity index (χ0n) is 11.3. The van der Waals surface area contributed by atoms with Crippen molar-refractivity contribution in [2.24, 2.45) is 0 Å². The third-order valence-corrected chi connectivity index (χ3v) is 4.51. The van der Waals surface area contributed by atoms with E-state index in [1.807, 2.05) is 0 Å². The fourth-order valence-electron chi connectivity index (χ4n) is 2.52. The highest BCUT2D eigenvalue weighted by Gasteiger charge is 2.18. The number of nitrogens with one attached hydrogen (secondary N) is 1. The van der Waals surface area contributed by atoms with Gasteiger partial charge in [0.25, 0.3) is 0 Å². The first-order valence-electron chi connectivity index (χ1n) is 6.88. The van der Waals surface area contributed by atoms with Crippen LogP contribution < -0.4 is 5.73 Å². The second-order valence-electron chi connectivity index (χ2n) is 4.95. The molecule has 0 unspecified atom stereocenters. The first kappa shape index (κ1) is 12.6. The molecular weight excluding hydrogens is 288 g/mol. The molecule has 9 heteroatoms. The zero-order valence-corrected chi connectivity index (χ0v) is 12.1. The molecule has 1 aliphatic rings. The third-order valence-electron chi connectivity index (χ3n) is 3.53. The summed E-state index contributed by atoms with van der Waals surface area (Å²) in [5.74, 6) is 1.27. The Kier molecular flexibility index (Phi) is 2.99. The number of nitrogens with two attached hydrogens (primary N) is 1. The number of aromatic amines is 1. The monoisotopic (exact) mass is 302 g/mol. The Hall–Kier alpha value is -2.16. The van der Waals surface area contributed by atoms with Crippen molar-refractivity contribution in [1.82, 2.24) is 34.7 Å². The first-order chi connectivity index (χ1) is 10.3. The lowest BCUT2D eigenvalue weighted by Gasteiger charge is -2.06. The fourth-order valence-corrected chi connectivity index (χ4v) is 3.47. The topological polar surface area (TPSA) is 111 Å². The number of fused-ring (bicyclic) bond motifs is 2. The van der Waals surface area contributed by atoms with Gasteiger partial charge in [-0.2, -0.15) is 4.98 Å². The first-order valence-corrected chi connectivity index (χ1v) is 7.69. The standard InChI is InChI=1S/C12H14N8S/c13-11-16-9-8(14-6-15-9)10(17-11)21-12-19-18-7-4-2-1-3-5-20(7)12/h6H,1-5H2,(H3,13,14,15,16,17). The van der Waals surface area contributed by atoms with E-state index in [0.717, 1.165) is 40.9 Å². The van der Waals surface area contributed by atoms with Gasteiger partial charge in [-0.1, -0.05) is 6.42 Å². The van der Waals surface area contributed by atoms with Gasteiger partial charge in [-0.3, -0.25) is 0 Å². The Labute approximate surface area is 124 Å². The molecule has 0 aromatic carbocycles. The van der Waals surface area contributed by atoms with Crippen molar-refractivity contribution in [1.29, 1.82) is 0 Å². The maximum absolute atomic E-state index is 5.74. The van der Waals surface area contributed by atoms with Crippen LogP contribution >= 0.6 is 11.8 Å². The van der Waals surface area contributed by atoms with Gasteiger partial charge < -0.3 is 15.3 Å². The predicted molar refractivity (Wildman–Crippen MR) is 77.8 cm³/mol. The lowest BCUT2D eigenvalue weighted by Crippen LogP contribution is -2.03. The van der Waals surface area contributed by atoms with Crippen LogP contribution in [0.1, 0.15) is 25.1 Å². The van der Waals surface area contributed by atoms with Crippen LogP contribution in [0.3, 0.4) is 0 Å². The van der Waals surface area contributed by atoms with Crippen LogP contribution in [0.5, 0.6) is 0 Å². The number of imidazole rings is 1. The number of hydrogen-bond acceptors (Lipinski definition) is 7. The van der Waals surface area contributed by atoms with Crippen LogP contribution in [-0.4, -0.2) is 34.7 Å². The molecule has 0 atom stereocenters. The van der Waals surface area contributed by atoms with Crippen molar-refractivity contribution in [3.05, 3.63) is 12.2 Å². The second-order valence-corrected chi connectivity index (χ2v) is 5.91. The van der Waals surface area contributed by atoms with Gasteiger partial charge >= 0.3 is 0 Å². The van der Waals surface area contributed by atoms with E-state index in [2.05, 4.69) is 34.7 Å². The van der Waals surface area contributed by atoms with E-state index >= 15 is 0 Å². The maximum Gasteiger partial charge on any atom is 0.223 e. The highest BCUT2D eigenvalue weighted by atomic mass is 32.2. The molecule has 0 bridgehead atoms. The quantitative estimate of drug-likeness (QED) is 0.688. The van der Waals surface area contributed by atoms with Gasteiger partial charge in [0.1, 0.15) is 16.4 Å². The molecule has 4 rings (SSSR count). The summed E-state index contributed by atoms with van der Waals surface area (Å²) in [6.45, 7) is 0.956. The van der Waals surface area contributed by atoms with E-state index in [0.29, 0.717) is 5.65 Å². The van der Waals surface area contributed by atoms with Crippen molar-refractivity contribution < 1.29 is 0 Å². The van der Waals surface area contributed by atoms with Crippen LogP contribution in [0.4, 0.5) is 5.95 Å². The molecule has 108 valence electrons. The lowest BCUT2D eigenvalue weighted by molar-refractivity contribution is 0.591. The van der Waals surface area contributed by atoms with Gasteiger partial charge in [0.15, 0.2) is 10.8 Å². The lowest BCUT2D eigenvalue weighted by atomic mass is 10.2. The molecule has 4 heterocycles. The summed E-state index contributed by atoms with van der Waals surface area (Å²) in [7, 11) is 0. The molecule has 3 N–H and O–H groups in total. The molecular formula is C12H14N8S. The number of anilines is 1. The Morgan fingerprint density at radius 1 is 1.19 bits per heavy atom. The zero-order chi connectivity index (χ0) is 14.2. The Bertz CT molecular complexity index is 792. The van der Waals surface area contributed by atoms with Crippen LogP contribution in [0, 0.1) is 0 Å². The second kappa shape index (κ2) is 4.99. The van der Waals surface area contributed by atoms with E-state index in [4.69, 9.17) is 5.73 Å². The minimum atomic E-state index is 0.215. The van der Waals surface area contributed by atoms with Crippen LogP contribution in [-0.2, 0) is 13.0 Å². The Balaban J connectivity index is 1.75. The van der Waals surface area contributed by atoms with Gasteiger partial charge in [-0.15, -0.1) is 10.2 Å². The van der Waals surface area contributed by atoms with Crippen molar-refractivity contribution in [2.45, 2.75) is 42.4 Å². The minimum Gasteiger partial charge on any atom is -0.368 e. The average Bonchev–Trinajstić information content (AvgIpc) is 3.00. The number of aromatic nitrogens is 7. The van der Waals surface area contributed by atoms with Gasteiger partial charge in [0.2, 0.25) is 5.95 Å². The van der Waals surface area contributed by atoms with Gasteiger partial charge in [0, 0.05) is 13.0 Å². The number of hydrogen-bond donors (Lipinski definition) is 2. The van der Waals surface area contributed by atoms with Crippen LogP contribution in [0.2, 0.25) is 0 Å². The molecule has 1 aliphatic heterocycles. The number of rotatable bonds is 2. The molecule has 0 saturated carbocycles. The molecule has 0 amide bonds. The number of nitrogens with zero attached hydrogens (tertiary/aromatic N) is 6. The summed E-state index contributed by atoms with van der Waals surface area (Å²) in [6, 6.07) is 0. The van der Waals surface area contributed by atoms with Gasteiger partial charge in [-0.25, -0.2) is 9.97 Å². The Morgan fingerprint density at radius 2 is 2.14 bits per heavy atom. The van der Waals surface area contributed by atoms with E-state index in [1.165, 1.54) is 24.6 Å². The predicted octanol–water partition coefficient (Wildman–Crippen LogP) is 1.40. The summed E-state index contributed by atoms with van der Waals surface area (Å²) in [6.07, 6.45) is 6.14. The van der Waals surface area contributed by atoms with Crippen LogP contribution in [0.15, 0.2) is 16.5 Å². The minimum absolute atomic E-state index is 0.215. The third kappa shape index (κ3) is 2.23. The molecule has 0 radical (unpaired) electrons. The SMILES string of the molecule is Nc1nc(Sc2nnc3n2CCCCC3)c2[nH]cnc2n1. The molecule has 0 fully saturated rings. The van der Waals surface area contributed by atoms with Crippen molar-refractivity contribution in [3.8, 4) is 0 Å². The number of H-pyrrole nitrogens is 1. The number of aryl methyl sites for hydroxylation is 1. The van der Waals surface area contributed by atoms with Crippen molar-refractivity contribution >= 4 is 28.9 Å². The van der Waals surface area contributed by atoms with Crippen LogP contribution in [0.25, 0.3) is 11.2 Å². The molecule has 3 aromatic rings. The molecule has 21 heavy (non-hydrogen) atoms. The summed E-state index contributed by atoms with van der Waals surface area (Å²) in [4.78, 5) is 15.6. The van der Waals surface area contributed by atoms with E-state index in [9.17, 15) is 0 Å². The fraction of sp³-hybridized carbons (Fsp3) is 0.417. The van der Waals surface area contributed by atoms with E-state index < -0.39 is 0 Å². The van der Waals surface area contributed by atoms with Gasteiger partial charge in [-0.05, 0) is 24.6 Å². The smallest absolute Gasteiger partial charge is 0.223 e. The summed E-state index contributed by atoms with van der Waals surface area (Å²) < 4.78 is 2.18. The van der Waals surface area contributed by atoms with Gasteiger partial charge in [0.05, 0.1) is 6.33 Å². The molecule has 8 nitrogen and oxygen atoms in total. The average molecular weight is 302 g/mol. The summed E-state index contributed by atoms with van der Waals surface area (Å²) in [5.41, 5.74) is 7.09. The largest absolute Gasteiger partial charge is 0.368 e. The van der Waals surface area contributed by atoms with E-state index in [1.54, 1.807) is 6.33 Å². The normalized spacial score (nSPS) is 15.0. The maximum atomic E-state index is 5.74. The summed E-state index contributed by atoms with van der Waals surface area (Å²) >= 11 is 1.45. The van der Waals surface area contributed by atoms with Crippen molar-refractivity contribution in [2.75, 3.05) is 5.73 Å². The summed E-state index contributed by atoms with van der Waals surface area (Å²) in [5, 5.41) is 10.2. The highest BCUT2D eigenvalue weighted by molar-refractivity contribution is 7.99. The van der Waals surface area contributed by atoms with Crippen molar-refractivity contribution in [3.63, 3.8) is 0 Å². The highest BCUT2D eigenvalue weighted by Crippen LogP contribution is 2.31. The van der Waals surface area contributed by atoms with E-state index in [-0.39, 0.29) is 5.95 Å². The molecule has 0 saturated heterocycles. The number of nitrogen functional groups attached to an aromatic ring is 1. The molecule has 0 spiro atoms.